The van der Waals surface area contributed by atoms with Crippen molar-refractivity contribution in [2.45, 2.75) is 18.5 Å². The lowest BCUT2D eigenvalue weighted by molar-refractivity contribution is -0.120. The first kappa shape index (κ1) is 16.8. The van der Waals surface area contributed by atoms with E-state index >= 15 is 0 Å². The van der Waals surface area contributed by atoms with Gasteiger partial charge in [0.25, 0.3) is 0 Å². The summed E-state index contributed by atoms with van der Waals surface area (Å²) in [6, 6.07) is 26.6. The number of aromatic amines is 1. The van der Waals surface area contributed by atoms with Crippen LogP contribution in [0.25, 0.3) is 22.0 Å². The Morgan fingerprint density at radius 1 is 0.857 bits per heavy atom. The van der Waals surface area contributed by atoms with Crippen LogP contribution >= 0.6 is 0 Å². The molecule has 0 bridgehead atoms. The predicted molar refractivity (Wildman–Crippen MR) is 112 cm³/mol. The van der Waals surface area contributed by atoms with Crippen LogP contribution < -0.4 is 11.1 Å². The number of nitrogens with two attached hydrogens (primary N) is 1. The Hall–Kier alpha value is -3.37. The molecule has 1 aliphatic heterocycles. The molecule has 2 heterocycles. The van der Waals surface area contributed by atoms with Gasteiger partial charge in [-0.1, -0.05) is 72.8 Å². The van der Waals surface area contributed by atoms with Crippen LogP contribution in [-0.2, 0) is 11.2 Å². The molecule has 0 aliphatic carbocycles. The van der Waals surface area contributed by atoms with Gasteiger partial charge in [0.05, 0.1) is 12.1 Å². The van der Waals surface area contributed by atoms with E-state index in [1.807, 2.05) is 30.3 Å². The number of nitrogens with one attached hydrogen (secondary N) is 2. The second-order valence-corrected chi connectivity index (χ2v) is 7.31. The molecule has 4 nitrogen and oxygen atoms in total. The second-order valence-electron chi connectivity index (χ2n) is 7.31. The van der Waals surface area contributed by atoms with E-state index in [0.717, 1.165) is 22.2 Å². The van der Waals surface area contributed by atoms with Crippen molar-refractivity contribution in [1.29, 1.82) is 0 Å². The number of benzene rings is 3. The summed E-state index contributed by atoms with van der Waals surface area (Å²) in [6.07, 6.45) is 0.604. The van der Waals surface area contributed by atoms with Crippen molar-refractivity contribution >= 4 is 16.8 Å². The topological polar surface area (TPSA) is 70.9 Å². The lowest BCUT2D eigenvalue weighted by Crippen LogP contribution is -2.48. The van der Waals surface area contributed by atoms with E-state index < -0.39 is 0 Å². The first-order valence-corrected chi connectivity index (χ1v) is 9.51. The molecule has 3 aromatic carbocycles. The monoisotopic (exact) mass is 367 g/mol. The van der Waals surface area contributed by atoms with E-state index in [1.54, 1.807) is 0 Å². The van der Waals surface area contributed by atoms with Gasteiger partial charge in [0.2, 0.25) is 5.91 Å². The molecule has 5 rings (SSSR count). The number of fused-ring (bicyclic) bond motifs is 3. The number of para-hydroxylation sites is 1. The number of carbonyl (C=O) groups is 1. The Morgan fingerprint density at radius 3 is 2.29 bits per heavy atom. The standard InChI is InChI=1S/C24H21N3O/c25-24(28)21-14-19-18-8-4-5-9-20(18)26-23(19)22(27-21)17-12-10-16(11-13-17)15-6-2-1-3-7-15/h1-13,21-22,26-27H,14H2,(H2,25,28)/t21-,22-/m0/s1. The molecule has 4 heteroatoms. The first-order chi connectivity index (χ1) is 13.7. The molecule has 28 heavy (non-hydrogen) atoms. The summed E-state index contributed by atoms with van der Waals surface area (Å²) < 4.78 is 0. The third-order valence-corrected chi connectivity index (χ3v) is 5.61. The summed E-state index contributed by atoms with van der Waals surface area (Å²) >= 11 is 0. The highest BCUT2D eigenvalue weighted by Gasteiger charge is 2.32. The Morgan fingerprint density at radius 2 is 1.54 bits per heavy atom. The minimum atomic E-state index is -0.384. The molecule has 0 radical (unpaired) electrons. The summed E-state index contributed by atoms with van der Waals surface area (Å²) in [5.74, 6) is -0.318. The summed E-state index contributed by atoms with van der Waals surface area (Å²) in [5, 5.41) is 4.60. The second kappa shape index (κ2) is 6.66. The van der Waals surface area contributed by atoms with Crippen LogP contribution in [0.2, 0.25) is 0 Å². The Kier molecular flexibility index (Phi) is 3.99. The maximum Gasteiger partial charge on any atom is 0.234 e. The maximum atomic E-state index is 12.0. The highest BCUT2D eigenvalue weighted by molar-refractivity contribution is 5.88. The number of primary amides is 1. The summed E-state index contributed by atoms with van der Waals surface area (Å²) in [6.45, 7) is 0. The molecule has 138 valence electrons. The van der Waals surface area contributed by atoms with Gasteiger partial charge in [-0.25, -0.2) is 0 Å². The number of aromatic nitrogens is 1. The number of carbonyl (C=O) groups excluding carboxylic acids is 1. The molecule has 1 amide bonds. The number of hydrogen-bond acceptors (Lipinski definition) is 2. The highest BCUT2D eigenvalue weighted by atomic mass is 16.1. The van der Waals surface area contributed by atoms with Crippen molar-refractivity contribution in [2.24, 2.45) is 5.73 Å². The molecule has 2 atom stereocenters. The molecule has 1 aromatic heterocycles. The fraction of sp³-hybridized carbons (Fsp3) is 0.125. The number of H-pyrrole nitrogens is 1. The molecule has 4 N–H and O–H groups in total. The van der Waals surface area contributed by atoms with Gasteiger partial charge in [0.1, 0.15) is 0 Å². The van der Waals surface area contributed by atoms with Gasteiger partial charge in [-0.05, 0) is 34.7 Å². The Balaban J connectivity index is 1.58. The number of amides is 1. The molecular formula is C24H21N3O. The molecule has 0 saturated heterocycles. The molecular weight excluding hydrogens is 346 g/mol. The number of rotatable bonds is 3. The van der Waals surface area contributed by atoms with Crippen LogP contribution in [0.3, 0.4) is 0 Å². The van der Waals surface area contributed by atoms with Crippen LogP contribution in [-0.4, -0.2) is 16.9 Å². The molecule has 1 aliphatic rings. The van der Waals surface area contributed by atoms with E-state index in [-0.39, 0.29) is 18.0 Å². The summed E-state index contributed by atoms with van der Waals surface area (Å²) in [4.78, 5) is 15.5. The van der Waals surface area contributed by atoms with E-state index in [4.69, 9.17) is 5.73 Å². The lowest BCUT2D eigenvalue weighted by atomic mass is 9.89. The minimum Gasteiger partial charge on any atom is -0.368 e. The van der Waals surface area contributed by atoms with Crippen LogP contribution in [0.1, 0.15) is 22.9 Å². The van der Waals surface area contributed by atoms with Crippen molar-refractivity contribution < 1.29 is 4.79 Å². The summed E-state index contributed by atoms with van der Waals surface area (Å²) in [7, 11) is 0. The van der Waals surface area contributed by atoms with E-state index in [1.165, 1.54) is 16.7 Å². The zero-order valence-corrected chi connectivity index (χ0v) is 15.4. The largest absolute Gasteiger partial charge is 0.368 e. The SMILES string of the molecule is NC(=O)[C@@H]1Cc2c([nH]c3ccccc23)[C@H](c2ccc(-c3ccccc3)cc2)N1. The minimum absolute atomic E-state index is 0.0986. The smallest absolute Gasteiger partial charge is 0.234 e. The molecule has 0 unspecified atom stereocenters. The third-order valence-electron chi connectivity index (χ3n) is 5.61. The lowest BCUT2D eigenvalue weighted by Gasteiger charge is -2.30. The fourth-order valence-electron chi connectivity index (χ4n) is 4.18. The van der Waals surface area contributed by atoms with E-state index in [0.29, 0.717) is 6.42 Å². The van der Waals surface area contributed by atoms with E-state index in [2.05, 4.69) is 58.8 Å². The van der Waals surface area contributed by atoms with Crippen LogP contribution in [0.15, 0.2) is 78.9 Å². The predicted octanol–water partition coefficient (Wildman–Crippen LogP) is 3.92. The zero-order chi connectivity index (χ0) is 19.1. The first-order valence-electron chi connectivity index (χ1n) is 9.51. The van der Waals surface area contributed by atoms with Gasteiger partial charge in [0.15, 0.2) is 0 Å². The van der Waals surface area contributed by atoms with Crippen LogP contribution in [0.5, 0.6) is 0 Å². The molecule has 0 spiro atoms. The van der Waals surface area contributed by atoms with Crippen molar-refractivity contribution in [1.82, 2.24) is 10.3 Å². The summed E-state index contributed by atoms with van der Waals surface area (Å²) in [5.41, 5.74) is 12.5. The third kappa shape index (κ3) is 2.79. The van der Waals surface area contributed by atoms with Crippen molar-refractivity contribution in [3.63, 3.8) is 0 Å². The molecule has 0 fully saturated rings. The Labute approximate surface area is 163 Å². The van der Waals surface area contributed by atoms with Crippen molar-refractivity contribution in [3.8, 4) is 11.1 Å². The van der Waals surface area contributed by atoms with Crippen LogP contribution in [0, 0.1) is 0 Å². The Bertz CT molecular complexity index is 1150. The average Bonchev–Trinajstić information content (AvgIpc) is 3.12. The normalized spacial score (nSPS) is 18.7. The fourth-order valence-corrected chi connectivity index (χ4v) is 4.18. The average molecular weight is 367 g/mol. The van der Waals surface area contributed by atoms with Gasteiger partial charge in [-0.15, -0.1) is 0 Å². The maximum absolute atomic E-state index is 12.0. The zero-order valence-electron chi connectivity index (χ0n) is 15.4. The van der Waals surface area contributed by atoms with Gasteiger partial charge in [-0.2, -0.15) is 0 Å². The van der Waals surface area contributed by atoms with Crippen molar-refractivity contribution in [3.05, 3.63) is 95.7 Å². The van der Waals surface area contributed by atoms with E-state index in [9.17, 15) is 4.79 Å². The van der Waals surface area contributed by atoms with Gasteiger partial charge < -0.3 is 10.7 Å². The van der Waals surface area contributed by atoms with Gasteiger partial charge in [0, 0.05) is 16.6 Å². The molecule has 0 saturated carbocycles. The van der Waals surface area contributed by atoms with Crippen molar-refractivity contribution in [2.75, 3.05) is 0 Å². The number of hydrogen-bond donors (Lipinski definition) is 3. The van der Waals surface area contributed by atoms with Gasteiger partial charge in [-0.3, -0.25) is 10.1 Å². The van der Waals surface area contributed by atoms with Crippen LogP contribution in [0.4, 0.5) is 0 Å². The van der Waals surface area contributed by atoms with Gasteiger partial charge >= 0.3 is 0 Å². The highest BCUT2D eigenvalue weighted by Crippen LogP contribution is 2.35. The molecule has 4 aromatic rings. The quantitative estimate of drug-likeness (QED) is 0.513.